The summed E-state index contributed by atoms with van der Waals surface area (Å²) in [6.45, 7) is 6.98. The molecule has 4 aliphatic carbocycles. The third kappa shape index (κ3) is 2.77. The fourth-order valence-electron chi connectivity index (χ4n) is 8.64. The summed E-state index contributed by atoms with van der Waals surface area (Å²) < 4.78 is 11.6. The van der Waals surface area contributed by atoms with E-state index in [1.54, 1.807) is 7.11 Å². The molecule has 0 aromatic heterocycles. The molecule has 0 amide bonds. The van der Waals surface area contributed by atoms with Crippen molar-refractivity contribution >= 4 is 23.9 Å². The maximum Gasteiger partial charge on any atom is 0.315 e. The van der Waals surface area contributed by atoms with Crippen LogP contribution in [0.2, 0.25) is 0 Å². The molecule has 4 bridgehead atoms. The molecule has 0 spiro atoms. The van der Waals surface area contributed by atoms with Crippen molar-refractivity contribution in [2.75, 3.05) is 13.7 Å². The van der Waals surface area contributed by atoms with Gasteiger partial charge in [-0.3, -0.25) is 4.79 Å². The monoisotopic (exact) mass is 486 g/mol. The molecule has 5 rings (SSSR count). The zero-order valence-electron chi connectivity index (χ0n) is 20.4. The maximum atomic E-state index is 13.4. The van der Waals surface area contributed by atoms with Crippen LogP contribution in [-0.2, 0) is 20.9 Å². The Morgan fingerprint density at radius 2 is 1.97 bits per heavy atom. The lowest BCUT2D eigenvalue weighted by atomic mass is 9.43. The first-order valence-corrected chi connectivity index (χ1v) is 12.9. The van der Waals surface area contributed by atoms with E-state index in [2.05, 4.69) is 26.8 Å². The first-order chi connectivity index (χ1) is 16.2. The van der Waals surface area contributed by atoms with E-state index >= 15 is 0 Å². The molecular formula is C28H35ClO5. The Bertz CT molecular complexity index is 1020. The van der Waals surface area contributed by atoms with Crippen LogP contribution in [0.25, 0.3) is 0 Å². The van der Waals surface area contributed by atoms with Crippen LogP contribution >= 0.6 is 11.6 Å². The van der Waals surface area contributed by atoms with Gasteiger partial charge in [0.1, 0.15) is 17.5 Å². The third-order valence-electron chi connectivity index (χ3n) is 9.97. The number of ether oxygens (including phenoxy) is 2. The van der Waals surface area contributed by atoms with E-state index < -0.39 is 22.2 Å². The maximum absolute atomic E-state index is 13.4. The van der Waals surface area contributed by atoms with Crippen molar-refractivity contribution in [2.24, 2.45) is 45.8 Å². The van der Waals surface area contributed by atoms with Gasteiger partial charge in [-0.15, -0.1) is 11.6 Å². The van der Waals surface area contributed by atoms with Crippen LogP contribution in [0.3, 0.4) is 0 Å². The van der Waals surface area contributed by atoms with E-state index in [0.29, 0.717) is 26.1 Å². The summed E-state index contributed by atoms with van der Waals surface area (Å²) in [5.74, 6) is 0.467. The third-order valence-corrected chi connectivity index (χ3v) is 10.5. The van der Waals surface area contributed by atoms with Crippen LogP contribution in [-0.4, -0.2) is 36.5 Å². The van der Waals surface area contributed by atoms with Gasteiger partial charge in [-0.25, -0.2) is 0 Å². The molecule has 1 aromatic rings. The van der Waals surface area contributed by atoms with Gasteiger partial charge in [0.15, 0.2) is 0 Å². The van der Waals surface area contributed by atoms with E-state index in [-0.39, 0.29) is 35.0 Å². The molecule has 3 saturated carbocycles. The minimum Gasteiger partial charge on any atom is -0.497 e. The zero-order valence-corrected chi connectivity index (χ0v) is 21.2. The molecule has 8 atom stereocenters. The van der Waals surface area contributed by atoms with Gasteiger partial charge < -0.3 is 19.4 Å². The van der Waals surface area contributed by atoms with Crippen LogP contribution in [0, 0.1) is 45.8 Å². The Balaban J connectivity index is 1.56. The number of fused-ring (bicyclic) bond motifs is 2. The highest BCUT2D eigenvalue weighted by Gasteiger charge is 2.84. The molecule has 34 heavy (non-hydrogen) atoms. The van der Waals surface area contributed by atoms with E-state index in [0.717, 1.165) is 29.6 Å². The van der Waals surface area contributed by atoms with Gasteiger partial charge in [-0.2, -0.15) is 0 Å². The van der Waals surface area contributed by atoms with E-state index in [4.69, 9.17) is 21.1 Å². The number of rotatable bonds is 8. The second-order valence-electron chi connectivity index (χ2n) is 11.4. The second kappa shape index (κ2) is 8.09. The molecule has 1 aromatic carbocycles. The van der Waals surface area contributed by atoms with Crippen molar-refractivity contribution in [1.29, 1.82) is 0 Å². The second-order valence-corrected chi connectivity index (χ2v) is 11.9. The summed E-state index contributed by atoms with van der Waals surface area (Å²) in [5, 5.41) is 11.0. The van der Waals surface area contributed by atoms with Gasteiger partial charge in [0.05, 0.1) is 25.7 Å². The standard InChI is InChI=1S/C28H35ClO5/c1-16(2)22-9-19-11-26(14-30)23-10-24(29)17(3)21(23)12-27(19,28(22,26)25(31)32)15-34-13-18-5-7-20(33-4)8-6-18/h5-9,14,16-17,19,21,23-24H,10-13,15H2,1-4H3,(H,31,32)/t17?,19-,21?,23?,24?,26-,27-,28-/m0/s1. The van der Waals surface area contributed by atoms with Gasteiger partial charge >= 0.3 is 5.97 Å². The van der Waals surface area contributed by atoms with Crippen LogP contribution in [0.5, 0.6) is 5.75 Å². The smallest absolute Gasteiger partial charge is 0.315 e. The Morgan fingerprint density at radius 1 is 1.26 bits per heavy atom. The van der Waals surface area contributed by atoms with Crippen molar-refractivity contribution in [1.82, 2.24) is 0 Å². The van der Waals surface area contributed by atoms with Crippen LogP contribution in [0.1, 0.15) is 45.6 Å². The minimum atomic E-state index is -1.23. The summed E-state index contributed by atoms with van der Waals surface area (Å²) in [4.78, 5) is 26.5. The van der Waals surface area contributed by atoms with E-state index in [9.17, 15) is 14.7 Å². The van der Waals surface area contributed by atoms with Crippen molar-refractivity contribution in [3.63, 3.8) is 0 Å². The highest BCUT2D eigenvalue weighted by molar-refractivity contribution is 6.21. The Morgan fingerprint density at radius 3 is 2.56 bits per heavy atom. The normalized spacial score (nSPS) is 41.9. The van der Waals surface area contributed by atoms with Crippen molar-refractivity contribution < 1.29 is 24.2 Å². The average Bonchev–Trinajstić information content (AvgIpc) is 3.34. The quantitative estimate of drug-likeness (QED) is 0.304. The van der Waals surface area contributed by atoms with Gasteiger partial charge in [-0.05, 0) is 66.5 Å². The summed E-state index contributed by atoms with van der Waals surface area (Å²) in [6.07, 6.45) is 5.25. The number of benzene rings is 1. The highest BCUT2D eigenvalue weighted by atomic mass is 35.5. The fourth-order valence-corrected chi connectivity index (χ4v) is 9.02. The SMILES string of the molecule is COc1ccc(COC[C@@]23CC4C(C)C(Cl)CC4[C@@]4(C=O)C[C@@H]2C=C(C(C)C)[C@@]34C(=O)O)cc1. The topological polar surface area (TPSA) is 72.8 Å². The molecular weight excluding hydrogens is 452 g/mol. The number of halogens is 1. The van der Waals surface area contributed by atoms with Gasteiger partial charge in [-0.1, -0.05) is 44.6 Å². The number of aldehydes is 1. The van der Waals surface area contributed by atoms with Crippen molar-refractivity contribution in [3.05, 3.63) is 41.5 Å². The van der Waals surface area contributed by atoms with Crippen molar-refractivity contribution in [2.45, 2.75) is 52.0 Å². The lowest BCUT2D eigenvalue weighted by Gasteiger charge is -2.58. The molecule has 3 fully saturated rings. The molecule has 0 radical (unpaired) electrons. The number of hydrogen-bond donors (Lipinski definition) is 1. The number of methoxy groups -OCH3 is 1. The molecule has 5 nitrogen and oxygen atoms in total. The largest absolute Gasteiger partial charge is 0.497 e. The molecule has 6 heteroatoms. The number of carboxylic acid groups (broad SMARTS) is 1. The minimum absolute atomic E-state index is 0.000707. The molecule has 0 heterocycles. The summed E-state index contributed by atoms with van der Waals surface area (Å²) in [7, 11) is 1.64. The number of allylic oxidation sites excluding steroid dienone is 1. The Kier molecular flexibility index (Phi) is 5.68. The summed E-state index contributed by atoms with van der Waals surface area (Å²) >= 11 is 6.75. The predicted molar refractivity (Wildman–Crippen MR) is 130 cm³/mol. The molecule has 1 N–H and O–H groups in total. The first kappa shape index (κ1) is 23.9. The number of aliphatic carboxylic acids is 1. The van der Waals surface area contributed by atoms with E-state index in [1.165, 1.54) is 0 Å². The lowest BCUT2D eigenvalue weighted by molar-refractivity contribution is -0.187. The number of alkyl halides is 1. The predicted octanol–water partition coefficient (Wildman–Crippen LogP) is 5.35. The number of hydrogen-bond acceptors (Lipinski definition) is 4. The van der Waals surface area contributed by atoms with Gasteiger partial charge in [0, 0.05) is 10.8 Å². The Hall–Kier alpha value is -1.85. The van der Waals surface area contributed by atoms with Gasteiger partial charge in [0.25, 0.3) is 0 Å². The van der Waals surface area contributed by atoms with Crippen LogP contribution in [0.4, 0.5) is 0 Å². The van der Waals surface area contributed by atoms with E-state index in [1.807, 2.05) is 24.3 Å². The van der Waals surface area contributed by atoms with Crippen molar-refractivity contribution in [3.8, 4) is 5.75 Å². The van der Waals surface area contributed by atoms with Gasteiger partial charge in [0.2, 0.25) is 0 Å². The highest BCUT2D eigenvalue weighted by Crippen LogP contribution is 2.82. The lowest BCUT2D eigenvalue weighted by Crippen LogP contribution is -2.63. The molecule has 0 saturated heterocycles. The number of carboxylic acids is 1. The summed E-state index contributed by atoms with van der Waals surface area (Å²) in [6, 6.07) is 7.73. The summed E-state index contributed by atoms with van der Waals surface area (Å²) in [5.41, 5.74) is -0.873. The Labute approximate surface area is 206 Å². The average molecular weight is 487 g/mol. The first-order valence-electron chi connectivity index (χ1n) is 12.4. The molecule has 0 aliphatic heterocycles. The van der Waals surface area contributed by atoms with Crippen LogP contribution in [0.15, 0.2) is 35.9 Å². The number of carbonyl (C=O) groups excluding carboxylic acids is 1. The molecule has 4 unspecified atom stereocenters. The molecule has 4 aliphatic rings. The zero-order chi connectivity index (χ0) is 24.5. The molecule has 184 valence electrons. The fraction of sp³-hybridized carbons (Fsp3) is 0.643. The van der Waals surface area contributed by atoms with Crippen LogP contribution < -0.4 is 4.74 Å². The number of carbonyl (C=O) groups is 2.